The molecule has 122 valence electrons. The zero-order valence-corrected chi connectivity index (χ0v) is 14.4. The molecule has 3 heteroatoms. The minimum atomic E-state index is 0.320. The van der Waals surface area contributed by atoms with Crippen LogP contribution in [0.1, 0.15) is 30.9 Å². The predicted molar refractivity (Wildman–Crippen MR) is 101 cm³/mol. The Morgan fingerprint density at radius 2 is 1.88 bits per heavy atom. The van der Waals surface area contributed by atoms with Crippen molar-refractivity contribution in [3.8, 4) is 5.75 Å². The molecule has 0 fully saturated rings. The first-order chi connectivity index (χ1) is 11.6. The number of nitrogens with zero attached hydrogens (tertiary/aromatic N) is 2. The highest BCUT2D eigenvalue weighted by Crippen LogP contribution is 2.39. The van der Waals surface area contributed by atoms with Crippen LogP contribution < -0.4 is 0 Å². The Kier molecular flexibility index (Phi) is 3.45. The summed E-state index contributed by atoms with van der Waals surface area (Å²) in [7, 11) is 0. The molecule has 3 nitrogen and oxygen atoms in total. The molecule has 1 N–H and O–H groups in total. The highest BCUT2D eigenvalue weighted by molar-refractivity contribution is 6.17. The fraction of sp³-hybridized carbons (Fsp3) is 0.286. The summed E-state index contributed by atoms with van der Waals surface area (Å²) in [5.74, 6) is 0.320. The number of aromatic nitrogens is 2. The second-order valence-corrected chi connectivity index (χ2v) is 6.60. The summed E-state index contributed by atoms with van der Waals surface area (Å²) in [6.45, 7) is 7.59. The van der Waals surface area contributed by atoms with Crippen molar-refractivity contribution in [3.63, 3.8) is 0 Å². The number of rotatable bonds is 3. The van der Waals surface area contributed by atoms with Gasteiger partial charge in [-0.15, -0.1) is 0 Å². The van der Waals surface area contributed by atoms with E-state index >= 15 is 0 Å². The van der Waals surface area contributed by atoms with Gasteiger partial charge in [0, 0.05) is 40.6 Å². The maximum absolute atomic E-state index is 10.0. The quantitative estimate of drug-likeness (QED) is 0.544. The summed E-state index contributed by atoms with van der Waals surface area (Å²) < 4.78 is 2.43. The third-order valence-corrected chi connectivity index (χ3v) is 5.14. The molecule has 2 heterocycles. The summed E-state index contributed by atoms with van der Waals surface area (Å²) in [5.41, 5.74) is 5.02. The number of fused-ring (bicyclic) bond motifs is 4. The Morgan fingerprint density at radius 1 is 1.04 bits per heavy atom. The first-order valence-electron chi connectivity index (χ1n) is 8.61. The first kappa shape index (κ1) is 15.0. The van der Waals surface area contributed by atoms with Gasteiger partial charge in [0.25, 0.3) is 0 Å². The molecule has 0 saturated heterocycles. The molecule has 0 unspecified atom stereocenters. The standard InChI is InChI=1S/C21H22N2O/c1-4-5-10-23-19-7-6-15(24)11-17(19)20-13(2)18-12-22-9-8-16(18)14(3)21(20)23/h6-9,11-12,24H,4-5,10H2,1-3H3. The average molecular weight is 318 g/mol. The number of aromatic hydroxyl groups is 1. The molecular formula is C21H22N2O. The van der Waals surface area contributed by atoms with E-state index < -0.39 is 0 Å². The Labute approximate surface area is 141 Å². The van der Waals surface area contributed by atoms with E-state index in [0.29, 0.717) is 5.75 Å². The Hall–Kier alpha value is -2.55. The number of phenolic OH excluding ortho intramolecular Hbond substituents is 1. The molecule has 2 aromatic heterocycles. The summed E-state index contributed by atoms with van der Waals surface area (Å²) in [4.78, 5) is 4.32. The van der Waals surface area contributed by atoms with E-state index in [1.165, 1.54) is 38.3 Å². The lowest BCUT2D eigenvalue weighted by atomic mass is 9.97. The zero-order chi connectivity index (χ0) is 16.8. The van der Waals surface area contributed by atoms with E-state index in [9.17, 15) is 5.11 Å². The van der Waals surface area contributed by atoms with E-state index in [-0.39, 0.29) is 0 Å². The van der Waals surface area contributed by atoms with Crippen molar-refractivity contribution < 1.29 is 5.11 Å². The highest BCUT2D eigenvalue weighted by atomic mass is 16.3. The van der Waals surface area contributed by atoms with Crippen LogP contribution in [0.25, 0.3) is 32.6 Å². The number of benzene rings is 2. The van der Waals surface area contributed by atoms with Crippen LogP contribution in [0.2, 0.25) is 0 Å². The lowest BCUT2D eigenvalue weighted by molar-refractivity contribution is 0.476. The van der Waals surface area contributed by atoms with Crippen molar-refractivity contribution in [1.82, 2.24) is 9.55 Å². The molecule has 0 radical (unpaired) electrons. The van der Waals surface area contributed by atoms with Gasteiger partial charge in [-0.1, -0.05) is 13.3 Å². The van der Waals surface area contributed by atoms with Crippen molar-refractivity contribution in [2.75, 3.05) is 0 Å². The summed E-state index contributed by atoms with van der Waals surface area (Å²) in [5, 5.41) is 14.9. The molecule has 0 bridgehead atoms. The van der Waals surface area contributed by atoms with E-state index in [4.69, 9.17) is 0 Å². The van der Waals surface area contributed by atoms with Crippen molar-refractivity contribution in [3.05, 3.63) is 47.8 Å². The topological polar surface area (TPSA) is 38.0 Å². The van der Waals surface area contributed by atoms with E-state index in [2.05, 4.69) is 36.4 Å². The first-order valence-corrected chi connectivity index (χ1v) is 8.61. The van der Waals surface area contributed by atoms with Crippen molar-refractivity contribution in [2.24, 2.45) is 0 Å². The fourth-order valence-corrected chi connectivity index (χ4v) is 3.94. The van der Waals surface area contributed by atoms with Gasteiger partial charge in [-0.3, -0.25) is 4.98 Å². The molecule has 0 atom stereocenters. The minimum absolute atomic E-state index is 0.320. The minimum Gasteiger partial charge on any atom is -0.508 e. The molecule has 0 saturated carbocycles. The van der Waals surface area contributed by atoms with Crippen LogP contribution in [0.15, 0.2) is 36.7 Å². The van der Waals surface area contributed by atoms with Crippen LogP contribution in [-0.2, 0) is 6.54 Å². The van der Waals surface area contributed by atoms with Gasteiger partial charge in [-0.2, -0.15) is 0 Å². The molecule has 24 heavy (non-hydrogen) atoms. The monoisotopic (exact) mass is 318 g/mol. The molecule has 0 aliphatic carbocycles. The van der Waals surface area contributed by atoms with Gasteiger partial charge in [0.2, 0.25) is 0 Å². The van der Waals surface area contributed by atoms with Gasteiger partial charge in [0.1, 0.15) is 5.75 Å². The van der Waals surface area contributed by atoms with Crippen LogP contribution in [-0.4, -0.2) is 14.7 Å². The largest absolute Gasteiger partial charge is 0.508 e. The molecule has 0 aliphatic rings. The van der Waals surface area contributed by atoms with Gasteiger partial charge < -0.3 is 9.67 Å². The molecular weight excluding hydrogens is 296 g/mol. The van der Waals surface area contributed by atoms with E-state index in [1.807, 2.05) is 24.5 Å². The Balaban J connectivity index is 2.26. The van der Waals surface area contributed by atoms with Gasteiger partial charge >= 0.3 is 0 Å². The van der Waals surface area contributed by atoms with Crippen LogP contribution in [0.4, 0.5) is 0 Å². The molecule has 0 amide bonds. The van der Waals surface area contributed by atoms with Gasteiger partial charge in [0.15, 0.2) is 0 Å². The van der Waals surface area contributed by atoms with Crippen molar-refractivity contribution in [2.45, 2.75) is 40.2 Å². The zero-order valence-electron chi connectivity index (χ0n) is 14.4. The molecule has 4 aromatic rings. The van der Waals surface area contributed by atoms with Crippen molar-refractivity contribution in [1.29, 1.82) is 0 Å². The van der Waals surface area contributed by atoms with Gasteiger partial charge in [0.05, 0.1) is 5.52 Å². The van der Waals surface area contributed by atoms with E-state index in [1.54, 1.807) is 6.07 Å². The summed E-state index contributed by atoms with van der Waals surface area (Å²) in [6.07, 6.45) is 6.13. The number of unbranched alkanes of at least 4 members (excludes halogenated alkanes) is 1. The molecule has 0 aliphatic heterocycles. The lowest BCUT2D eigenvalue weighted by Gasteiger charge is -2.12. The number of hydrogen-bond acceptors (Lipinski definition) is 2. The molecule has 4 rings (SSSR count). The molecule has 2 aromatic carbocycles. The van der Waals surface area contributed by atoms with Crippen LogP contribution in [0, 0.1) is 13.8 Å². The van der Waals surface area contributed by atoms with Gasteiger partial charge in [-0.05, 0) is 61.0 Å². The average Bonchev–Trinajstić information content (AvgIpc) is 2.91. The summed E-state index contributed by atoms with van der Waals surface area (Å²) in [6, 6.07) is 7.84. The number of aryl methyl sites for hydroxylation is 3. The summed E-state index contributed by atoms with van der Waals surface area (Å²) >= 11 is 0. The highest BCUT2D eigenvalue weighted by Gasteiger charge is 2.18. The van der Waals surface area contributed by atoms with E-state index in [0.717, 1.165) is 24.8 Å². The normalized spacial score (nSPS) is 11.8. The molecule has 0 spiro atoms. The second kappa shape index (κ2) is 5.52. The lowest BCUT2D eigenvalue weighted by Crippen LogP contribution is -1.99. The maximum atomic E-state index is 10.0. The predicted octanol–water partition coefficient (Wildman–Crippen LogP) is 5.47. The fourth-order valence-electron chi connectivity index (χ4n) is 3.94. The number of pyridine rings is 1. The Bertz CT molecular complexity index is 1080. The van der Waals surface area contributed by atoms with Gasteiger partial charge in [-0.25, -0.2) is 0 Å². The SMILES string of the molecule is CCCCn1c2ccc(O)cc2c2c(C)c3cnccc3c(C)c21. The number of hydrogen-bond donors (Lipinski definition) is 1. The number of phenols is 1. The maximum Gasteiger partial charge on any atom is 0.116 e. The van der Waals surface area contributed by atoms with Crippen molar-refractivity contribution >= 4 is 32.6 Å². The Morgan fingerprint density at radius 3 is 2.67 bits per heavy atom. The van der Waals surface area contributed by atoms with Crippen LogP contribution in [0.3, 0.4) is 0 Å². The second-order valence-electron chi connectivity index (χ2n) is 6.60. The smallest absolute Gasteiger partial charge is 0.116 e. The third-order valence-electron chi connectivity index (χ3n) is 5.14. The van der Waals surface area contributed by atoms with Crippen LogP contribution >= 0.6 is 0 Å². The third kappa shape index (κ3) is 2.01. The van der Waals surface area contributed by atoms with Crippen LogP contribution in [0.5, 0.6) is 5.75 Å².